The van der Waals surface area contributed by atoms with Crippen molar-refractivity contribution in [2.45, 2.75) is 31.2 Å². The molecule has 1 amide bonds. The van der Waals surface area contributed by atoms with E-state index in [0.29, 0.717) is 17.9 Å². The average molecular weight is 404 g/mol. The van der Waals surface area contributed by atoms with Gasteiger partial charge in [-0.05, 0) is 49.2 Å². The molecule has 0 unspecified atom stereocenters. The maximum Gasteiger partial charge on any atom is 0.248 e. The molecule has 28 heavy (non-hydrogen) atoms. The summed E-state index contributed by atoms with van der Waals surface area (Å²) in [5, 5.41) is -0.524. The fourth-order valence-corrected chi connectivity index (χ4v) is 3.77. The number of sulfonamides is 1. The third-order valence-electron chi connectivity index (χ3n) is 4.59. The van der Waals surface area contributed by atoms with Crippen LogP contribution in [-0.2, 0) is 14.8 Å². The van der Waals surface area contributed by atoms with Gasteiger partial charge in [0, 0.05) is 5.56 Å². The first-order valence-corrected chi connectivity index (χ1v) is 10.6. The van der Waals surface area contributed by atoms with E-state index in [2.05, 4.69) is 4.72 Å². The van der Waals surface area contributed by atoms with E-state index in [1.165, 1.54) is 0 Å². The Morgan fingerprint density at radius 3 is 2.50 bits per heavy atom. The number of primary amides is 1. The number of nitrogens with two attached hydrogens (primary N) is 1. The van der Waals surface area contributed by atoms with Gasteiger partial charge in [0.15, 0.2) is 0 Å². The van der Waals surface area contributed by atoms with Crippen molar-refractivity contribution >= 4 is 15.9 Å². The molecule has 2 aromatic carbocycles. The van der Waals surface area contributed by atoms with E-state index >= 15 is 0 Å². The molecule has 2 atom stereocenters. The summed E-state index contributed by atoms with van der Waals surface area (Å²) in [5.74, 6) is 0.136. The molecular weight excluding hydrogens is 380 g/mol. The SMILES string of the molecule is CC(C)S(=O)(=O)N[C@H]1COC[C@H]1Oc1ccc(-c2cccc(C(N)=O)c2)cc1. The van der Waals surface area contributed by atoms with E-state index in [0.717, 1.165) is 11.1 Å². The quantitative estimate of drug-likeness (QED) is 0.733. The van der Waals surface area contributed by atoms with E-state index in [1.807, 2.05) is 18.2 Å². The first kappa shape index (κ1) is 20.3. The Morgan fingerprint density at radius 1 is 1.14 bits per heavy atom. The number of rotatable bonds is 7. The number of amides is 1. The second kappa shape index (κ2) is 8.30. The first-order chi connectivity index (χ1) is 13.3. The van der Waals surface area contributed by atoms with Gasteiger partial charge in [0.05, 0.1) is 24.5 Å². The second-order valence-electron chi connectivity index (χ2n) is 6.98. The van der Waals surface area contributed by atoms with Crippen molar-refractivity contribution in [2.24, 2.45) is 5.73 Å². The van der Waals surface area contributed by atoms with Gasteiger partial charge in [0.1, 0.15) is 11.9 Å². The molecule has 0 radical (unpaired) electrons. The summed E-state index contributed by atoms with van der Waals surface area (Å²) in [6.07, 6.45) is -0.405. The lowest BCUT2D eigenvalue weighted by Crippen LogP contribution is -2.47. The van der Waals surface area contributed by atoms with E-state index in [9.17, 15) is 13.2 Å². The van der Waals surface area contributed by atoms with Gasteiger partial charge in [0.25, 0.3) is 0 Å². The van der Waals surface area contributed by atoms with E-state index in [1.54, 1.807) is 44.2 Å². The van der Waals surface area contributed by atoms with Crippen molar-refractivity contribution in [3.63, 3.8) is 0 Å². The van der Waals surface area contributed by atoms with Crippen molar-refractivity contribution in [3.8, 4) is 16.9 Å². The summed E-state index contributed by atoms with van der Waals surface area (Å²) in [4.78, 5) is 11.3. The normalized spacial score (nSPS) is 19.7. The van der Waals surface area contributed by atoms with E-state index < -0.39 is 33.3 Å². The summed E-state index contributed by atoms with van der Waals surface area (Å²) >= 11 is 0. The highest BCUT2D eigenvalue weighted by molar-refractivity contribution is 7.90. The molecule has 150 valence electrons. The predicted molar refractivity (Wildman–Crippen MR) is 107 cm³/mol. The first-order valence-electron chi connectivity index (χ1n) is 9.02. The largest absolute Gasteiger partial charge is 0.486 e. The Labute approximate surface area is 164 Å². The Kier molecular flexibility index (Phi) is 6.02. The molecule has 0 aromatic heterocycles. The molecular formula is C20H24N2O5S. The molecule has 0 aliphatic carbocycles. The Bertz CT molecular complexity index is 941. The van der Waals surface area contributed by atoms with E-state index in [4.69, 9.17) is 15.2 Å². The van der Waals surface area contributed by atoms with E-state index in [-0.39, 0.29) is 6.61 Å². The highest BCUT2D eigenvalue weighted by Crippen LogP contribution is 2.25. The van der Waals surface area contributed by atoms with Crippen molar-refractivity contribution in [3.05, 3.63) is 54.1 Å². The lowest BCUT2D eigenvalue weighted by atomic mass is 10.0. The van der Waals surface area contributed by atoms with Gasteiger partial charge >= 0.3 is 0 Å². The summed E-state index contributed by atoms with van der Waals surface area (Å²) in [6.45, 7) is 3.84. The minimum Gasteiger partial charge on any atom is -0.486 e. The molecule has 3 rings (SSSR count). The number of ether oxygens (including phenoxy) is 2. The molecule has 0 spiro atoms. The fraction of sp³-hybridized carbons (Fsp3) is 0.350. The molecule has 0 bridgehead atoms. The second-order valence-corrected chi connectivity index (χ2v) is 9.25. The number of hydrogen-bond donors (Lipinski definition) is 2. The van der Waals surface area contributed by atoms with Gasteiger partial charge in [-0.15, -0.1) is 0 Å². The molecule has 1 aliphatic rings. The third kappa shape index (κ3) is 4.70. The van der Waals surface area contributed by atoms with Crippen LogP contribution in [0.3, 0.4) is 0 Å². The van der Waals surface area contributed by atoms with Gasteiger partial charge in [-0.25, -0.2) is 13.1 Å². The lowest BCUT2D eigenvalue weighted by Gasteiger charge is -2.21. The number of benzene rings is 2. The standard InChI is InChI=1S/C20H24N2O5S/c1-13(2)28(24,25)22-18-11-26-12-19(18)27-17-8-6-14(7-9-17)15-4-3-5-16(10-15)20(21)23/h3-10,13,18-19,22H,11-12H2,1-2H3,(H2,21,23)/t18-,19+/m0/s1. The highest BCUT2D eigenvalue weighted by atomic mass is 32.2. The van der Waals surface area contributed by atoms with Crippen LogP contribution in [0, 0.1) is 0 Å². The summed E-state index contributed by atoms with van der Waals surface area (Å²) < 4.78 is 38.2. The summed E-state index contributed by atoms with van der Waals surface area (Å²) in [6, 6.07) is 14.0. The van der Waals surface area contributed by atoms with Gasteiger partial charge < -0.3 is 15.2 Å². The number of hydrogen-bond acceptors (Lipinski definition) is 5. The Morgan fingerprint density at radius 2 is 1.86 bits per heavy atom. The molecule has 1 heterocycles. The fourth-order valence-electron chi connectivity index (χ4n) is 2.86. The average Bonchev–Trinajstić information content (AvgIpc) is 3.08. The molecule has 0 saturated carbocycles. The Balaban J connectivity index is 1.70. The minimum atomic E-state index is -3.41. The van der Waals surface area contributed by atoms with Gasteiger partial charge in [0.2, 0.25) is 15.9 Å². The molecule has 1 saturated heterocycles. The number of nitrogens with one attached hydrogen (secondary N) is 1. The van der Waals surface area contributed by atoms with Crippen LogP contribution in [0.15, 0.2) is 48.5 Å². The molecule has 1 aliphatic heterocycles. The molecule has 2 aromatic rings. The highest BCUT2D eigenvalue weighted by Gasteiger charge is 2.34. The number of carbonyl (C=O) groups is 1. The smallest absolute Gasteiger partial charge is 0.248 e. The van der Waals surface area contributed by atoms with Crippen LogP contribution in [0.25, 0.3) is 11.1 Å². The molecule has 7 nitrogen and oxygen atoms in total. The van der Waals surface area contributed by atoms with Crippen LogP contribution < -0.4 is 15.2 Å². The Hall–Kier alpha value is -2.42. The zero-order valence-corrected chi connectivity index (χ0v) is 16.6. The van der Waals surface area contributed by atoms with Crippen LogP contribution in [0.2, 0.25) is 0 Å². The van der Waals surface area contributed by atoms with Crippen LogP contribution in [0.1, 0.15) is 24.2 Å². The summed E-state index contributed by atoms with van der Waals surface area (Å²) in [7, 11) is -3.41. The zero-order valence-electron chi connectivity index (χ0n) is 15.8. The number of carbonyl (C=O) groups excluding carboxylic acids is 1. The van der Waals surface area contributed by atoms with Gasteiger partial charge in [-0.3, -0.25) is 4.79 Å². The predicted octanol–water partition coefficient (Wildman–Crippen LogP) is 1.93. The maximum absolute atomic E-state index is 12.1. The molecule has 1 fully saturated rings. The lowest BCUT2D eigenvalue weighted by molar-refractivity contribution is 0.100. The van der Waals surface area contributed by atoms with Crippen molar-refractivity contribution in [2.75, 3.05) is 13.2 Å². The minimum absolute atomic E-state index is 0.272. The van der Waals surface area contributed by atoms with Crippen molar-refractivity contribution in [1.82, 2.24) is 4.72 Å². The zero-order chi connectivity index (χ0) is 20.3. The van der Waals surface area contributed by atoms with Gasteiger partial charge in [-0.2, -0.15) is 0 Å². The van der Waals surface area contributed by atoms with Crippen LogP contribution in [0.4, 0.5) is 0 Å². The van der Waals surface area contributed by atoms with Crippen LogP contribution in [0.5, 0.6) is 5.75 Å². The van der Waals surface area contributed by atoms with Crippen LogP contribution in [-0.4, -0.2) is 44.9 Å². The molecule has 3 N–H and O–H groups in total. The van der Waals surface area contributed by atoms with Gasteiger partial charge in [-0.1, -0.05) is 24.3 Å². The van der Waals surface area contributed by atoms with Crippen molar-refractivity contribution in [1.29, 1.82) is 0 Å². The molecule has 8 heteroatoms. The monoisotopic (exact) mass is 404 g/mol. The van der Waals surface area contributed by atoms with Crippen LogP contribution >= 0.6 is 0 Å². The maximum atomic E-state index is 12.1. The summed E-state index contributed by atoms with van der Waals surface area (Å²) in [5.41, 5.74) is 7.56. The topological polar surface area (TPSA) is 108 Å². The third-order valence-corrected chi connectivity index (χ3v) is 6.46. The van der Waals surface area contributed by atoms with Crippen molar-refractivity contribution < 1.29 is 22.7 Å².